The van der Waals surface area contributed by atoms with E-state index in [4.69, 9.17) is 0 Å². The maximum Gasteiger partial charge on any atom is 0.230 e. The normalized spacial score (nSPS) is 13.8. The highest BCUT2D eigenvalue weighted by Crippen LogP contribution is 2.20. The Balaban J connectivity index is 4.25. The van der Waals surface area contributed by atoms with Crippen molar-refractivity contribution < 1.29 is 15.0 Å². The highest BCUT2D eigenvalue weighted by atomic mass is 16.6. The van der Waals surface area contributed by atoms with Crippen LogP contribution in [0.2, 0.25) is 0 Å². The summed E-state index contributed by atoms with van der Waals surface area (Å²) >= 11 is 0. The van der Waals surface area contributed by atoms with Gasteiger partial charge in [-0.2, -0.15) is 0 Å². The van der Waals surface area contributed by atoms with Gasteiger partial charge in [-0.15, -0.1) is 0 Å². The van der Waals surface area contributed by atoms with Crippen LogP contribution in [0.15, 0.2) is 0 Å². The maximum atomic E-state index is 10.1. The van der Waals surface area contributed by atoms with Crippen molar-refractivity contribution in [2.75, 3.05) is 13.1 Å². The third-order valence-electron chi connectivity index (χ3n) is 1.76. The van der Waals surface area contributed by atoms with Gasteiger partial charge >= 0.3 is 0 Å². The SMILES string of the molecule is CC(C)(C[N+](=O)[O-])C(O)C[N+](=O)[O-]. The number of nitro groups is 2. The van der Waals surface area contributed by atoms with E-state index in [1.807, 2.05) is 0 Å². The third-order valence-corrected chi connectivity index (χ3v) is 1.76. The zero-order chi connectivity index (χ0) is 10.6. The van der Waals surface area contributed by atoms with Gasteiger partial charge in [0.05, 0.1) is 5.41 Å². The molecule has 0 aliphatic carbocycles. The van der Waals surface area contributed by atoms with Gasteiger partial charge < -0.3 is 5.11 Å². The van der Waals surface area contributed by atoms with Crippen LogP contribution in [0.4, 0.5) is 0 Å². The molecule has 0 saturated carbocycles. The Bertz CT molecular complexity index is 215. The van der Waals surface area contributed by atoms with E-state index in [0.717, 1.165) is 0 Å². The van der Waals surface area contributed by atoms with Crippen LogP contribution in [-0.4, -0.2) is 34.1 Å². The van der Waals surface area contributed by atoms with Crippen LogP contribution >= 0.6 is 0 Å². The first kappa shape index (κ1) is 11.8. The number of aliphatic hydroxyl groups is 1. The molecule has 13 heavy (non-hydrogen) atoms. The van der Waals surface area contributed by atoms with E-state index in [-0.39, 0.29) is 0 Å². The molecular weight excluding hydrogens is 180 g/mol. The van der Waals surface area contributed by atoms with Crippen molar-refractivity contribution in [3.63, 3.8) is 0 Å². The Morgan fingerprint density at radius 2 is 1.77 bits per heavy atom. The van der Waals surface area contributed by atoms with Gasteiger partial charge in [0.2, 0.25) is 13.1 Å². The summed E-state index contributed by atoms with van der Waals surface area (Å²) in [5.74, 6) is 0. The average Bonchev–Trinajstić information content (AvgIpc) is 1.81. The molecule has 0 bridgehead atoms. The number of aliphatic hydroxyl groups excluding tert-OH is 1. The van der Waals surface area contributed by atoms with Gasteiger partial charge in [-0.1, -0.05) is 13.8 Å². The summed E-state index contributed by atoms with van der Waals surface area (Å²) in [7, 11) is 0. The molecule has 7 heteroatoms. The molecule has 0 radical (unpaired) electrons. The first-order valence-corrected chi connectivity index (χ1v) is 3.67. The lowest BCUT2D eigenvalue weighted by atomic mass is 9.87. The van der Waals surface area contributed by atoms with E-state index in [0.29, 0.717) is 0 Å². The minimum absolute atomic E-state index is 0.484. The number of nitrogens with zero attached hydrogens (tertiary/aromatic N) is 2. The molecule has 0 saturated heterocycles. The predicted octanol–water partition coefficient (Wildman–Crippen LogP) is -0.0731. The van der Waals surface area contributed by atoms with Crippen molar-refractivity contribution in [1.29, 1.82) is 0 Å². The Morgan fingerprint density at radius 3 is 2.08 bits per heavy atom. The van der Waals surface area contributed by atoms with Crippen LogP contribution in [0.3, 0.4) is 0 Å². The summed E-state index contributed by atoms with van der Waals surface area (Å²) < 4.78 is 0. The van der Waals surface area contributed by atoms with Crippen LogP contribution < -0.4 is 0 Å². The van der Waals surface area contributed by atoms with Crippen LogP contribution in [0.1, 0.15) is 13.8 Å². The van der Waals surface area contributed by atoms with Crippen molar-refractivity contribution >= 4 is 0 Å². The van der Waals surface area contributed by atoms with Gasteiger partial charge in [-0.3, -0.25) is 20.2 Å². The largest absolute Gasteiger partial charge is 0.385 e. The lowest BCUT2D eigenvalue weighted by Crippen LogP contribution is -2.40. The quantitative estimate of drug-likeness (QED) is 0.484. The Morgan fingerprint density at radius 1 is 1.31 bits per heavy atom. The van der Waals surface area contributed by atoms with Gasteiger partial charge in [0.15, 0.2) is 0 Å². The fourth-order valence-corrected chi connectivity index (χ4v) is 0.826. The molecule has 0 fully saturated rings. The summed E-state index contributed by atoms with van der Waals surface area (Å²) in [6, 6.07) is 0. The molecule has 0 spiro atoms. The van der Waals surface area contributed by atoms with Crippen LogP contribution in [-0.2, 0) is 0 Å². The summed E-state index contributed by atoms with van der Waals surface area (Å²) in [6.45, 7) is 1.69. The van der Waals surface area contributed by atoms with Gasteiger partial charge in [0.1, 0.15) is 6.10 Å². The minimum Gasteiger partial charge on any atom is -0.385 e. The van der Waals surface area contributed by atoms with Gasteiger partial charge in [-0.25, -0.2) is 0 Å². The molecule has 7 nitrogen and oxygen atoms in total. The molecule has 1 atom stereocenters. The summed E-state index contributed by atoms with van der Waals surface area (Å²) in [6.07, 6.45) is -1.30. The molecule has 0 aliphatic heterocycles. The second-order valence-corrected chi connectivity index (χ2v) is 3.51. The zero-order valence-corrected chi connectivity index (χ0v) is 7.47. The second-order valence-electron chi connectivity index (χ2n) is 3.51. The second kappa shape index (κ2) is 4.13. The Labute approximate surface area is 74.7 Å². The van der Waals surface area contributed by atoms with Crippen molar-refractivity contribution in [3.05, 3.63) is 20.2 Å². The lowest BCUT2D eigenvalue weighted by Gasteiger charge is -2.22. The summed E-state index contributed by atoms with van der Waals surface area (Å²) in [5.41, 5.74) is -1.07. The van der Waals surface area contributed by atoms with Crippen LogP contribution in [0.5, 0.6) is 0 Å². The highest BCUT2D eigenvalue weighted by molar-refractivity contribution is 4.76. The van der Waals surface area contributed by atoms with E-state index < -0.39 is 34.5 Å². The number of rotatable bonds is 5. The Hall–Kier alpha value is -1.24. The molecule has 0 aromatic rings. The van der Waals surface area contributed by atoms with E-state index in [1.54, 1.807) is 0 Å². The fraction of sp³-hybridized carbons (Fsp3) is 1.00. The van der Waals surface area contributed by atoms with Gasteiger partial charge in [0.25, 0.3) is 0 Å². The van der Waals surface area contributed by atoms with Crippen LogP contribution in [0.25, 0.3) is 0 Å². The lowest BCUT2D eigenvalue weighted by molar-refractivity contribution is -0.517. The maximum absolute atomic E-state index is 10.1. The minimum atomic E-state index is -1.30. The van der Waals surface area contributed by atoms with Crippen LogP contribution in [0, 0.1) is 25.6 Å². The first-order chi connectivity index (χ1) is 5.75. The smallest absolute Gasteiger partial charge is 0.230 e. The van der Waals surface area contributed by atoms with E-state index >= 15 is 0 Å². The fourth-order valence-electron chi connectivity index (χ4n) is 0.826. The third kappa shape index (κ3) is 4.36. The number of hydrogen-bond acceptors (Lipinski definition) is 5. The van der Waals surface area contributed by atoms with E-state index in [2.05, 4.69) is 0 Å². The summed E-state index contributed by atoms with van der Waals surface area (Å²) in [5, 5.41) is 29.4. The molecule has 0 aromatic heterocycles. The van der Waals surface area contributed by atoms with Crippen molar-refractivity contribution in [1.82, 2.24) is 0 Å². The van der Waals surface area contributed by atoms with Crippen molar-refractivity contribution in [2.24, 2.45) is 5.41 Å². The molecule has 0 amide bonds. The standard InChI is InChI=1S/C6H12N2O5/c1-6(2,4-8(12)13)5(9)3-7(10)11/h5,9H,3-4H2,1-2H3. The molecule has 0 aliphatic rings. The average molecular weight is 192 g/mol. The molecule has 76 valence electrons. The topological polar surface area (TPSA) is 107 Å². The molecular formula is C6H12N2O5. The van der Waals surface area contributed by atoms with Gasteiger partial charge in [0, 0.05) is 9.85 Å². The predicted molar refractivity (Wildman–Crippen MR) is 43.5 cm³/mol. The Kier molecular flexibility index (Phi) is 3.73. The van der Waals surface area contributed by atoms with Crippen molar-refractivity contribution in [3.8, 4) is 0 Å². The van der Waals surface area contributed by atoms with Gasteiger partial charge in [-0.05, 0) is 0 Å². The van der Waals surface area contributed by atoms with E-state index in [9.17, 15) is 25.3 Å². The number of hydrogen-bond donors (Lipinski definition) is 1. The highest BCUT2D eigenvalue weighted by Gasteiger charge is 2.36. The first-order valence-electron chi connectivity index (χ1n) is 3.67. The zero-order valence-electron chi connectivity index (χ0n) is 7.47. The molecule has 1 N–H and O–H groups in total. The molecule has 0 rings (SSSR count). The van der Waals surface area contributed by atoms with Crippen molar-refractivity contribution in [2.45, 2.75) is 20.0 Å². The van der Waals surface area contributed by atoms with E-state index in [1.165, 1.54) is 13.8 Å². The monoisotopic (exact) mass is 192 g/mol. The summed E-state index contributed by atoms with van der Waals surface area (Å²) in [4.78, 5) is 18.9. The molecule has 0 aromatic carbocycles. The molecule has 1 unspecified atom stereocenters. The molecule has 0 heterocycles.